The molecule has 2 aliphatic heterocycles. The van der Waals surface area contributed by atoms with Gasteiger partial charge < -0.3 is 41.7 Å². The zero-order chi connectivity index (χ0) is 53.5. The summed E-state index contributed by atoms with van der Waals surface area (Å²) in [4.78, 5) is 58.0. The maximum absolute atomic E-state index is 12.2. The minimum atomic E-state index is -1.46. The molecule has 0 spiro atoms. The molecular formula is C50H75ClN16O5S. The average Bonchev–Trinajstić information content (AvgIpc) is 3.96. The SMILES string of the molecule is CN1CC[C@@H](N)C1.CONC(=O)c1ccc(C)c(Nc2nc(N[C@@H]3CCNC3)nc(N(C)CC(C)(C)C)c2C#N)c1.CONC(=O)c1ccc(C)c(Nc2nc(S(C)=O)nc(N(C)CC(C)(C)C)c2C#N)c1.Cl. The first kappa shape index (κ1) is 61.1. The van der Waals surface area contributed by atoms with E-state index in [9.17, 15) is 24.3 Å². The van der Waals surface area contributed by atoms with E-state index >= 15 is 0 Å². The molecule has 0 aliphatic carbocycles. The van der Waals surface area contributed by atoms with Gasteiger partial charge in [-0.3, -0.25) is 23.5 Å². The van der Waals surface area contributed by atoms with E-state index in [1.165, 1.54) is 33.4 Å². The minimum Gasteiger partial charge on any atom is -0.358 e. The number of nitrogens with one attached hydrogen (secondary N) is 6. The number of carbonyl (C=O) groups excluding carboxylic acids is 2. The topological polar surface area (TPSA) is 277 Å². The second-order valence-corrected chi connectivity index (χ2v) is 21.7. The molecule has 2 saturated heterocycles. The van der Waals surface area contributed by atoms with Gasteiger partial charge in [-0.2, -0.15) is 20.5 Å². The number of hydrogen-bond acceptors (Lipinski definition) is 19. The fraction of sp³-hybridized carbons (Fsp3) is 0.520. The Morgan fingerprint density at radius 1 is 0.822 bits per heavy atom. The summed E-state index contributed by atoms with van der Waals surface area (Å²) in [5, 5.41) is 33.2. The Balaban J connectivity index is 0.000000336. The third kappa shape index (κ3) is 18.6. The lowest BCUT2D eigenvalue weighted by atomic mass is 9.96. The number of rotatable bonds is 15. The van der Waals surface area contributed by atoms with Crippen LogP contribution in [-0.4, -0.2) is 134 Å². The molecule has 1 unspecified atom stereocenters. The van der Waals surface area contributed by atoms with E-state index in [4.69, 9.17) is 15.6 Å². The van der Waals surface area contributed by atoms with E-state index in [1.807, 2.05) is 43.8 Å². The third-order valence-corrected chi connectivity index (χ3v) is 11.8. The van der Waals surface area contributed by atoms with Gasteiger partial charge in [0.2, 0.25) is 11.1 Å². The van der Waals surface area contributed by atoms with Crippen LogP contribution in [0.3, 0.4) is 0 Å². The summed E-state index contributed by atoms with van der Waals surface area (Å²) >= 11 is 0. The number of aryl methyl sites for hydroxylation is 2. The first-order chi connectivity index (χ1) is 33.9. The Bertz CT molecular complexity index is 2620. The van der Waals surface area contributed by atoms with Gasteiger partial charge in [-0.25, -0.2) is 20.9 Å². The van der Waals surface area contributed by atoms with Gasteiger partial charge in [0.15, 0.2) is 23.3 Å². The molecule has 23 heteroatoms. The Morgan fingerprint density at radius 3 is 1.67 bits per heavy atom. The molecule has 0 bridgehead atoms. The molecule has 4 heterocycles. The maximum Gasteiger partial charge on any atom is 0.274 e. The van der Waals surface area contributed by atoms with Crippen molar-refractivity contribution < 1.29 is 23.5 Å². The van der Waals surface area contributed by atoms with Gasteiger partial charge in [0, 0.05) is 81.1 Å². The Labute approximate surface area is 439 Å². The minimum absolute atomic E-state index is 0. The highest BCUT2D eigenvalue weighted by molar-refractivity contribution is 7.84. The standard InChI is InChI=1S/C24H34N8O2.C21H28N6O3S.C5H12N2.ClH/c1-15-7-8-16(22(33)31-34-6)11-19(15)28-20-18(12-25)21(32(5)14-24(2,3)4)30-23(29-20)27-17-9-10-26-13-17;1-13-8-9-14(19(28)26-30-6)10-16(13)23-17-15(11-22)18(25-20(24-17)31(7)29)27(5)12-21(2,3)4;1-7-3-2-5(6)4-7;/h7-8,11,17,26H,9-10,13-14H2,1-6H3,(H,31,33)(H2,27,28,29,30);8-10H,12H2,1-7H3,(H,26,28)(H,23,24,25);5H,2-4,6H2,1H3;1H/t17-;;5-;/m1.1./s1. The number of benzene rings is 2. The average molecular weight is 1050 g/mol. The molecule has 8 N–H and O–H groups in total. The second kappa shape index (κ2) is 27.7. The zero-order valence-electron chi connectivity index (χ0n) is 44.7. The predicted octanol–water partition coefficient (Wildman–Crippen LogP) is 5.93. The summed E-state index contributed by atoms with van der Waals surface area (Å²) in [5.41, 5.74) is 14.5. The Kier molecular flexibility index (Phi) is 23.2. The highest BCUT2D eigenvalue weighted by atomic mass is 35.5. The van der Waals surface area contributed by atoms with Crippen molar-refractivity contribution in [3.63, 3.8) is 0 Å². The van der Waals surface area contributed by atoms with E-state index in [2.05, 4.69) is 118 Å². The van der Waals surface area contributed by atoms with Crippen LogP contribution >= 0.6 is 12.4 Å². The number of amides is 2. The number of nitriles is 2. The van der Waals surface area contributed by atoms with E-state index in [0.29, 0.717) is 70.6 Å². The number of anilines is 7. The summed E-state index contributed by atoms with van der Waals surface area (Å²) in [7, 11) is 7.15. The molecule has 0 saturated carbocycles. The van der Waals surface area contributed by atoms with Gasteiger partial charge >= 0.3 is 0 Å². The van der Waals surface area contributed by atoms with E-state index < -0.39 is 16.7 Å². The summed E-state index contributed by atoms with van der Waals surface area (Å²) in [5.74, 6) is 1.24. The Hall–Kier alpha value is -6.24. The van der Waals surface area contributed by atoms with Crippen molar-refractivity contribution >= 4 is 75.6 Å². The van der Waals surface area contributed by atoms with E-state index in [-0.39, 0.29) is 51.7 Å². The summed E-state index contributed by atoms with van der Waals surface area (Å²) in [6.07, 6.45) is 3.63. The molecule has 2 fully saturated rings. The van der Waals surface area contributed by atoms with Crippen LogP contribution < -0.4 is 47.8 Å². The second-order valence-electron chi connectivity index (χ2n) is 20.4. The van der Waals surface area contributed by atoms with E-state index in [0.717, 1.165) is 37.2 Å². The van der Waals surface area contributed by atoms with Gasteiger partial charge in [-0.05, 0) is 93.0 Å². The van der Waals surface area contributed by atoms with Crippen LogP contribution in [0.4, 0.5) is 40.6 Å². The first-order valence-corrected chi connectivity index (χ1v) is 25.2. The fourth-order valence-electron chi connectivity index (χ4n) is 7.87. The molecule has 6 rings (SSSR count). The molecular weight excluding hydrogens is 972 g/mol. The smallest absolute Gasteiger partial charge is 0.274 e. The molecule has 21 nitrogen and oxygen atoms in total. The summed E-state index contributed by atoms with van der Waals surface area (Å²) in [6, 6.07) is 15.4. The number of carbonyl (C=O) groups is 2. The highest BCUT2D eigenvalue weighted by Crippen LogP contribution is 2.33. The van der Waals surface area contributed by atoms with Crippen molar-refractivity contribution in [3.05, 3.63) is 69.8 Å². The van der Waals surface area contributed by atoms with Crippen molar-refractivity contribution in [1.29, 1.82) is 10.5 Å². The number of hydroxylamine groups is 2. The molecule has 398 valence electrons. The fourth-order valence-corrected chi connectivity index (χ4v) is 8.30. The van der Waals surface area contributed by atoms with Crippen LogP contribution in [-0.2, 0) is 20.5 Å². The van der Waals surface area contributed by atoms with Crippen LogP contribution in [0.25, 0.3) is 0 Å². The number of likely N-dealkylation sites (N-methyl/N-ethyl adjacent to an activating group) is 1. The van der Waals surface area contributed by atoms with Crippen molar-refractivity contribution in [3.8, 4) is 12.1 Å². The van der Waals surface area contributed by atoms with E-state index in [1.54, 1.807) is 30.3 Å². The number of hydrogen-bond donors (Lipinski definition) is 7. The zero-order valence-corrected chi connectivity index (χ0v) is 46.4. The molecule has 2 aromatic carbocycles. The van der Waals surface area contributed by atoms with Gasteiger partial charge in [0.1, 0.15) is 23.3 Å². The van der Waals surface area contributed by atoms with Crippen LogP contribution in [0, 0.1) is 47.3 Å². The van der Waals surface area contributed by atoms with Crippen LogP contribution in [0.5, 0.6) is 0 Å². The van der Waals surface area contributed by atoms with Gasteiger partial charge in [0.25, 0.3) is 11.8 Å². The molecule has 2 aromatic heterocycles. The van der Waals surface area contributed by atoms with Crippen molar-refractivity contribution in [1.82, 2.24) is 41.1 Å². The lowest BCUT2D eigenvalue weighted by molar-refractivity contribution is 0.0533. The highest BCUT2D eigenvalue weighted by Gasteiger charge is 2.26. The maximum atomic E-state index is 12.2. The predicted molar refractivity (Wildman–Crippen MR) is 291 cm³/mol. The number of aromatic nitrogens is 4. The monoisotopic (exact) mass is 1050 g/mol. The number of nitrogens with zero attached hydrogens (tertiary/aromatic N) is 9. The van der Waals surface area contributed by atoms with Gasteiger partial charge in [-0.15, -0.1) is 12.4 Å². The van der Waals surface area contributed by atoms with Crippen molar-refractivity contribution in [2.45, 2.75) is 85.5 Å². The quantitative estimate of drug-likeness (QED) is 0.0537. The van der Waals surface area contributed by atoms with Crippen LogP contribution in [0.1, 0.15) is 97.4 Å². The number of halogens is 1. The van der Waals surface area contributed by atoms with Crippen LogP contribution in [0.15, 0.2) is 41.6 Å². The molecule has 2 amide bonds. The number of likely N-dealkylation sites (tertiary alicyclic amines) is 1. The van der Waals surface area contributed by atoms with Crippen molar-refractivity contribution in [2.24, 2.45) is 16.6 Å². The third-order valence-electron chi connectivity index (χ3n) is 11.1. The molecule has 2 aliphatic rings. The first-order valence-electron chi connectivity index (χ1n) is 23.6. The molecule has 3 atom stereocenters. The Morgan fingerprint density at radius 2 is 1.30 bits per heavy atom. The summed E-state index contributed by atoms with van der Waals surface area (Å²) < 4.78 is 12.2. The molecule has 4 aromatic rings. The van der Waals surface area contributed by atoms with Gasteiger partial charge in [-0.1, -0.05) is 53.7 Å². The number of nitrogens with two attached hydrogens (primary N) is 1. The molecule has 0 radical (unpaired) electrons. The summed E-state index contributed by atoms with van der Waals surface area (Å²) in [6.45, 7) is 21.8. The lowest BCUT2D eigenvalue weighted by Gasteiger charge is -2.29. The lowest BCUT2D eigenvalue weighted by Crippen LogP contribution is -2.31. The van der Waals surface area contributed by atoms with Crippen LogP contribution in [0.2, 0.25) is 0 Å². The largest absolute Gasteiger partial charge is 0.358 e. The van der Waals surface area contributed by atoms with Crippen molar-refractivity contribution in [2.75, 3.05) is 107 Å². The molecule has 73 heavy (non-hydrogen) atoms. The normalized spacial score (nSPS) is 15.6. The van der Waals surface area contributed by atoms with Gasteiger partial charge in [0.05, 0.1) is 25.0 Å².